The number of nitrogens with zero attached hydrogens (tertiary/aromatic N) is 2. The van der Waals surface area contributed by atoms with Gasteiger partial charge in [-0.1, -0.05) is 15.9 Å². The Morgan fingerprint density at radius 2 is 1.89 bits per heavy atom. The van der Waals surface area contributed by atoms with Gasteiger partial charge in [-0.2, -0.15) is 0 Å². The molecule has 2 N–H and O–H groups in total. The summed E-state index contributed by atoms with van der Waals surface area (Å²) in [6, 6.07) is 6.88. The zero-order valence-corrected chi connectivity index (χ0v) is 14.2. The lowest BCUT2D eigenvalue weighted by molar-refractivity contribution is 0.372. The van der Waals surface area contributed by atoms with E-state index in [2.05, 4.69) is 71.9 Å². The Bertz CT molecular complexity index is 404. The van der Waals surface area contributed by atoms with Crippen LogP contribution in [0, 0.1) is 0 Å². The van der Waals surface area contributed by atoms with Gasteiger partial charge in [0.15, 0.2) is 0 Å². The van der Waals surface area contributed by atoms with E-state index < -0.39 is 0 Å². The molecule has 0 aliphatic rings. The van der Waals surface area contributed by atoms with Crippen LogP contribution in [0.2, 0.25) is 0 Å². The third kappa shape index (κ3) is 4.48. The fourth-order valence-corrected chi connectivity index (χ4v) is 2.88. The summed E-state index contributed by atoms with van der Waals surface area (Å²) < 4.78 is 1.08. The number of likely N-dealkylation sites (N-methyl/N-ethyl adjacent to an activating group) is 2. The summed E-state index contributed by atoms with van der Waals surface area (Å²) in [6.07, 6.45) is 0. The minimum atomic E-state index is 0.0353. The van der Waals surface area contributed by atoms with Crippen molar-refractivity contribution in [3.8, 4) is 0 Å². The minimum absolute atomic E-state index is 0.0353. The van der Waals surface area contributed by atoms with Gasteiger partial charge >= 0.3 is 0 Å². The number of halogens is 1. The van der Waals surface area contributed by atoms with Gasteiger partial charge in [0.25, 0.3) is 0 Å². The van der Waals surface area contributed by atoms with Gasteiger partial charge in [-0.3, -0.25) is 0 Å². The molecule has 19 heavy (non-hydrogen) atoms. The monoisotopic (exact) mass is 327 g/mol. The van der Waals surface area contributed by atoms with Crippen molar-refractivity contribution >= 4 is 21.6 Å². The second-order valence-electron chi connectivity index (χ2n) is 5.39. The Kier molecular flexibility index (Phi) is 6.30. The van der Waals surface area contributed by atoms with Gasteiger partial charge < -0.3 is 15.5 Å². The predicted octanol–water partition coefficient (Wildman–Crippen LogP) is 3.25. The quantitative estimate of drug-likeness (QED) is 0.870. The topological polar surface area (TPSA) is 32.5 Å². The van der Waals surface area contributed by atoms with E-state index >= 15 is 0 Å². The van der Waals surface area contributed by atoms with Gasteiger partial charge in [0.05, 0.1) is 0 Å². The minimum Gasteiger partial charge on any atom is -0.368 e. The Labute approximate surface area is 125 Å². The largest absolute Gasteiger partial charge is 0.368 e. The first-order valence-electron chi connectivity index (χ1n) is 6.83. The van der Waals surface area contributed by atoms with Gasteiger partial charge in [0.2, 0.25) is 0 Å². The average Bonchev–Trinajstić information content (AvgIpc) is 2.30. The number of rotatable bonds is 6. The molecule has 0 aromatic heterocycles. The highest BCUT2D eigenvalue weighted by atomic mass is 79.9. The van der Waals surface area contributed by atoms with Crippen molar-refractivity contribution in [2.45, 2.75) is 32.9 Å². The zero-order valence-electron chi connectivity index (χ0n) is 12.7. The normalized spacial score (nSPS) is 14.5. The maximum Gasteiger partial charge on any atom is 0.0418 e. The van der Waals surface area contributed by atoms with Crippen LogP contribution in [0.5, 0.6) is 0 Å². The van der Waals surface area contributed by atoms with Crippen molar-refractivity contribution in [2.75, 3.05) is 32.1 Å². The Morgan fingerprint density at radius 3 is 2.37 bits per heavy atom. The van der Waals surface area contributed by atoms with Gasteiger partial charge in [-0.15, -0.1) is 0 Å². The lowest BCUT2D eigenvalue weighted by Gasteiger charge is -2.34. The molecule has 0 bridgehead atoms. The van der Waals surface area contributed by atoms with Crippen molar-refractivity contribution in [1.29, 1.82) is 0 Å². The molecule has 2 unspecified atom stereocenters. The highest BCUT2D eigenvalue weighted by Gasteiger charge is 2.18. The lowest BCUT2D eigenvalue weighted by atomic mass is 10.0. The molecule has 0 aliphatic carbocycles. The Hall–Kier alpha value is -0.580. The standard InChI is InChI=1S/C15H26BrN3/c1-6-19(11(2)10-18(4)5)15-8-7-13(16)9-14(15)12(3)17/h7-9,11-12H,6,10,17H2,1-5H3. The molecular weight excluding hydrogens is 302 g/mol. The van der Waals surface area contributed by atoms with E-state index in [-0.39, 0.29) is 6.04 Å². The van der Waals surface area contributed by atoms with E-state index in [9.17, 15) is 0 Å². The van der Waals surface area contributed by atoms with Crippen LogP contribution in [0.4, 0.5) is 5.69 Å². The molecular formula is C15H26BrN3. The third-order valence-corrected chi connectivity index (χ3v) is 3.78. The van der Waals surface area contributed by atoms with Crippen LogP contribution in [0.1, 0.15) is 32.4 Å². The summed E-state index contributed by atoms with van der Waals surface area (Å²) in [6.45, 7) is 8.50. The van der Waals surface area contributed by atoms with Gasteiger partial charge in [0, 0.05) is 35.3 Å². The third-order valence-electron chi connectivity index (χ3n) is 3.29. The van der Waals surface area contributed by atoms with E-state index in [1.807, 2.05) is 6.92 Å². The summed E-state index contributed by atoms with van der Waals surface area (Å²) in [5.41, 5.74) is 8.56. The summed E-state index contributed by atoms with van der Waals surface area (Å²) in [7, 11) is 4.22. The number of hydrogen-bond acceptors (Lipinski definition) is 3. The molecule has 4 heteroatoms. The van der Waals surface area contributed by atoms with Crippen molar-refractivity contribution in [3.05, 3.63) is 28.2 Å². The second-order valence-corrected chi connectivity index (χ2v) is 6.30. The molecule has 3 nitrogen and oxygen atoms in total. The second kappa shape index (κ2) is 7.27. The van der Waals surface area contributed by atoms with E-state index in [1.165, 1.54) is 11.3 Å². The number of nitrogens with two attached hydrogens (primary N) is 1. The van der Waals surface area contributed by atoms with Crippen LogP contribution in [-0.4, -0.2) is 38.1 Å². The number of benzene rings is 1. The molecule has 0 amide bonds. The predicted molar refractivity (Wildman–Crippen MR) is 87.8 cm³/mol. The van der Waals surface area contributed by atoms with Crippen molar-refractivity contribution in [2.24, 2.45) is 5.73 Å². The Morgan fingerprint density at radius 1 is 1.26 bits per heavy atom. The highest BCUT2D eigenvalue weighted by Crippen LogP contribution is 2.29. The summed E-state index contributed by atoms with van der Waals surface area (Å²) in [5.74, 6) is 0. The van der Waals surface area contributed by atoms with Gasteiger partial charge in [-0.05, 0) is 58.6 Å². The van der Waals surface area contributed by atoms with Crippen LogP contribution in [0.3, 0.4) is 0 Å². The maximum absolute atomic E-state index is 6.12. The first-order valence-corrected chi connectivity index (χ1v) is 7.62. The number of hydrogen-bond donors (Lipinski definition) is 1. The van der Waals surface area contributed by atoms with Gasteiger partial charge in [0.1, 0.15) is 0 Å². The van der Waals surface area contributed by atoms with Crippen LogP contribution >= 0.6 is 15.9 Å². The van der Waals surface area contributed by atoms with Crippen molar-refractivity contribution in [3.63, 3.8) is 0 Å². The van der Waals surface area contributed by atoms with E-state index in [1.54, 1.807) is 0 Å². The highest BCUT2D eigenvalue weighted by molar-refractivity contribution is 9.10. The summed E-state index contributed by atoms with van der Waals surface area (Å²) in [4.78, 5) is 4.64. The van der Waals surface area contributed by atoms with Crippen LogP contribution in [0.15, 0.2) is 22.7 Å². The molecule has 0 saturated carbocycles. The lowest BCUT2D eigenvalue weighted by Crippen LogP contribution is -2.40. The molecule has 1 rings (SSSR count). The van der Waals surface area contributed by atoms with Crippen molar-refractivity contribution in [1.82, 2.24) is 4.90 Å². The number of anilines is 1. The van der Waals surface area contributed by atoms with Crippen LogP contribution in [0.25, 0.3) is 0 Å². The smallest absolute Gasteiger partial charge is 0.0418 e. The molecule has 0 radical (unpaired) electrons. The molecule has 108 valence electrons. The van der Waals surface area contributed by atoms with Gasteiger partial charge in [-0.25, -0.2) is 0 Å². The van der Waals surface area contributed by atoms with E-state index in [4.69, 9.17) is 5.73 Å². The van der Waals surface area contributed by atoms with Crippen LogP contribution < -0.4 is 10.6 Å². The Balaban J connectivity index is 3.10. The molecule has 0 spiro atoms. The molecule has 0 saturated heterocycles. The molecule has 1 aromatic carbocycles. The van der Waals surface area contributed by atoms with E-state index in [0.717, 1.165) is 17.6 Å². The fourth-order valence-electron chi connectivity index (χ4n) is 2.50. The molecule has 1 aromatic rings. The van der Waals surface area contributed by atoms with E-state index in [0.29, 0.717) is 6.04 Å². The van der Waals surface area contributed by atoms with Crippen LogP contribution in [-0.2, 0) is 0 Å². The van der Waals surface area contributed by atoms with Crippen molar-refractivity contribution < 1.29 is 0 Å². The molecule has 0 heterocycles. The summed E-state index contributed by atoms with van der Waals surface area (Å²) in [5, 5.41) is 0. The first kappa shape index (κ1) is 16.5. The molecule has 2 atom stereocenters. The zero-order chi connectivity index (χ0) is 14.6. The maximum atomic E-state index is 6.12. The summed E-state index contributed by atoms with van der Waals surface area (Å²) >= 11 is 3.53. The molecule has 0 fully saturated rings. The fraction of sp³-hybridized carbons (Fsp3) is 0.600. The SMILES string of the molecule is CCN(c1ccc(Br)cc1C(C)N)C(C)CN(C)C. The average molecular weight is 328 g/mol. The molecule has 0 aliphatic heterocycles. The first-order chi connectivity index (χ1) is 8.86.